The van der Waals surface area contributed by atoms with Crippen LogP contribution in [-0.2, 0) is 6.54 Å². The van der Waals surface area contributed by atoms with Crippen molar-refractivity contribution in [1.82, 2.24) is 10.6 Å². The van der Waals surface area contributed by atoms with Gasteiger partial charge in [0.05, 0.1) is 0 Å². The van der Waals surface area contributed by atoms with Crippen LogP contribution >= 0.6 is 15.9 Å². The number of rotatable bonds is 6. The number of nitrogens with one attached hydrogen (secondary N) is 2. The number of halogens is 1. The van der Waals surface area contributed by atoms with Crippen molar-refractivity contribution < 1.29 is 0 Å². The third-order valence-electron chi connectivity index (χ3n) is 2.58. The fraction of sp³-hybridized carbons (Fsp3) is 0.538. The van der Waals surface area contributed by atoms with Gasteiger partial charge in [-0.15, -0.1) is 0 Å². The Labute approximate surface area is 107 Å². The molecule has 0 bridgehead atoms. The molecule has 2 nitrogen and oxygen atoms in total. The largest absolute Gasteiger partial charge is 0.315 e. The van der Waals surface area contributed by atoms with Crippen LogP contribution in [0.2, 0.25) is 0 Å². The van der Waals surface area contributed by atoms with Gasteiger partial charge in [-0.2, -0.15) is 0 Å². The summed E-state index contributed by atoms with van der Waals surface area (Å²) in [6, 6.07) is 6.99. The SMILES string of the molecule is CCNCC(C)NCc1ccc(Br)c(C)c1. The van der Waals surface area contributed by atoms with Crippen molar-refractivity contribution >= 4 is 15.9 Å². The fourth-order valence-electron chi connectivity index (χ4n) is 1.54. The standard InChI is InChI=1S/C13H21BrN2/c1-4-15-8-11(3)16-9-12-5-6-13(14)10(2)7-12/h5-7,11,15-16H,4,8-9H2,1-3H3. The predicted molar refractivity (Wildman–Crippen MR) is 73.7 cm³/mol. The highest BCUT2D eigenvalue weighted by Gasteiger charge is 2.01. The molecule has 2 N–H and O–H groups in total. The van der Waals surface area contributed by atoms with Crippen LogP contribution in [-0.4, -0.2) is 19.1 Å². The molecule has 90 valence electrons. The molecule has 0 radical (unpaired) electrons. The molecule has 1 aromatic carbocycles. The topological polar surface area (TPSA) is 24.1 Å². The molecule has 0 aliphatic carbocycles. The first-order valence-electron chi connectivity index (χ1n) is 5.82. The van der Waals surface area contributed by atoms with Crippen molar-refractivity contribution in [2.75, 3.05) is 13.1 Å². The Kier molecular flexibility index (Phi) is 6.03. The number of aryl methyl sites for hydroxylation is 1. The van der Waals surface area contributed by atoms with E-state index in [0.717, 1.165) is 19.6 Å². The van der Waals surface area contributed by atoms with Crippen molar-refractivity contribution in [1.29, 1.82) is 0 Å². The molecular weight excluding hydrogens is 264 g/mol. The Morgan fingerprint density at radius 1 is 1.38 bits per heavy atom. The zero-order valence-corrected chi connectivity index (χ0v) is 11.9. The zero-order chi connectivity index (χ0) is 12.0. The van der Waals surface area contributed by atoms with Crippen LogP contribution in [0.5, 0.6) is 0 Å². The lowest BCUT2D eigenvalue weighted by molar-refractivity contribution is 0.509. The minimum atomic E-state index is 0.504. The Morgan fingerprint density at radius 3 is 2.75 bits per heavy atom. The highest BCUT2D eigenvalue weighted by atomic mass is 79.9. The van der Waals surface area contributed by atoms with Crippen molar-refractivity contribution in [2.45, 2.75) is 33.4 Å². The maximum atomic E-state index is 3.51. The van der Waals surface area contributed by atoms with E-state index in [9.17, 15) is 0 Å². The van der Waals surface area contributed by atoms with E-state index in [1.807, 2.05) is 0 Å². The van der Waals surface area contributed by atoms with E-state index in [0.29, 0.717) is 6.04 Å². The molecule has 0 aliphatic heterocycles. The minimum absolute atomic E-state index is 0.504. The number of hydrogen-bond acceptors (Lipinski definition) is 2. The summed E-state index contributed by atoms with van der Waals surface area (Å²) in [5.41, 5.74) is 2.63. The predicted octanol–water partition coefficient (Wildman–Crippen LogP) is 2.85. The van der Waals surface area contributed by atoms with Gasteiger partial charge in [0.25, 0.3) is 0 Å². The van der Waals surface area contributed by atoms with Gasteiger partial charge in [0.2, 0.25) is 0 Å². The van der Waals surface area contributed by atoms with Gasteiger partial charge in [-0.25, -0.2) is 0 Å². The van der Waals surface area contributed by atoms with E-state index in [4.69, 9.17) is 0 Å². The Morgan fingerprint density at radius 2 is 2.12 bits per heavy atom. The summed E-state index contributed by atoms with van der Waals surface area (Å²) in [5.74, 6) is 0. The number of hydrogen-bond donors (Lipinski definition) is 2. The van der Waals surface area contributed by atoms with Crippen LogP contribution < -0.4 is 10.6 Å². The molecule has 0 saturated heterocycles. The van der Waals surface area contributed by atoms with Crippen LogP contribution in [0.4, 0.5) is 0 Å². The lowest BCUT2D eigenvalue weighted by Gasteiger charge is -2.14. The monoisotopic (exact) mass is 284 g/mol. The first-order valence-corrected chi connectivity index (χ1v) is 6.62. The van der Waals surface area contributed by atoms with Crippen LogP contribution in [0.3, 0.4) is 0 Å². The molecule has 1 atom stereocenters. The number of benzene rings is 1. The second-order valence-electron chi connectivity index (χ2n) is 4.17. The van der Waals surface area contributed by atoms with Crippen molar-refractivity contribution in [2.24, 2.45) is 0 Å². The van der Waals surface area contributed by atoms with Gasteiger partial charge < -0.3 is 10.6 Å². The van der Waals surface area contributed by atoms with Crippen molar-refractivity contribution in [3.63, 3.8) is 0 Å². The molecule has 0 spiro atoms. The van der Waals surface area contributed by atoms with E-state index in [-0.39, 0.29) is 0 Å². The maximum absolute atomic E-state index is 3.51. The second kappa shape index (κ2) is 7.05. The first-order chi connectivity index (χ1) is 7.63. The Bertz CT molecular complexity index is 326. The molecule has 0 aliphatic rings. The van der Waals surface area contributed by atoms with Crippen LogP contribution in [0, 0.1) is 6.92 Å². The third kappa shape index (κ3) is 4.64. The molecule has 1 unspecified atom stereocenters. The average molecular weight is 285 g/mol. The summed E-state index contributed by atoms with van der Waals surface area (Å²) in [6.07, 6.45) is 0. The highest BCUT2D eigenvalue weighted by Crippen LogP contribution is 2.16. The second-order valence-corrected chi connectivity index (χ2v) is 5.03. The van der Waals surface area contributed by atoms with Crippen LogP contribution in [0.15, 0.2) is 22.7 Å². The summed E-state index contributed by atoms with van der Waals surface area (Å²) in [5, 5.41) is 6.84. The molecule has 0 fully saturated rings. The first kappa shape index (κ1) is 13.7. The van der Waals surface area contributed by atoms with Gasteiger partial charge in [0.1, 0.15) is 0 Å². The van der Waals surface area contributed by atoms with Crippen molar-refractivity contribution in [3.05, 3.63) is 33.8 Å². The molecule has 16 heavy (non-hydrogen) atoms. The van der Waals surface area contributed by atoms with Crippen LogP contribution in [0.1, 0.15) is 25.0 Å². The van der Waals surface area contributed by atoms with E-state index in [1.54, 1.807) is 0 Å². The van der Waals surface area contributed by atoms with Gasteiger partial charge in [-0.1, -0.05) is 35.0 Å². The Hall–Kier alpha value is -0.380. The van der Waals surface area contributed by atoms with Crippen LogP contribution in [0.25, 0.3) is 0 Å². The minimum Gasteiger partial charge on any atom is -0.315 e. The normalized spacial score (nSPS) is 12.8. The molecule has 1 rings (SSSR count). The highest BCUT2D eigenvalue weighted by molar-refractivity contribution is 9.10. The van der Waals surface area contributed by atoms with Gasteiger partial charge >= 0.3 is 0 Å². The van der Waals surface area contributed by atoms with E-state index in [2.05, 4.69) is 65.5 Å². The summed E-state index contributed by atoms with van der Waals surface area (Å²) >= 11 is 3.51. The van der Waals surface area contributed by atoms with E-state index in [1.165, 1.54) is 15.6 Å². The summed E-state index contributed by atoms with van der Waals surface area (Å²) in [4.78, 5) is 0. The summed E-state index contributed by atoms with van der Waals surface area (Å²) < 4.78 is 1.18. The molecule has 0 amide bonds. The fourth-order valence-corrected chi connectivity index (χ4v) is 1.79. The van der Waals surface area contributed by atoms with E-state index >= 15 is 0 Å². The molecule has 1 aromatic rings. The molecule has 3 heteroatoms. The van der Waals surface area contributed by atoms with Gasteiger partial charge in [-0.05, 0) is 37.6 Å². The smallest absolute Gasteiger partial charge is 0.0208 e. The maximum Gasteiger partial charge on any atom is 0.0208 e. The summed E-state index contributed by atoms with van der Waals surface area (Å²) in [6.45, 7) is 9.44. The lowest BCUT2D eigenvalue weighted by atomic mass is 10.1. The molecule has 0 saturated carbocycles. The number of likely N-dealkylation sites (N-methyl/N-ethyl adjacent to an activating group) is 1. The van der Waals surface area contributed by atoms with E-state index < -0.39 is 0 Å². The average Bonchev–Trinajstić information content (AvgIpc) is 2.28. The van der Waals surface area contributed by atoms with Gasteiger partial charge in [-0.3, -0.25) is 0 Å². The Balaban J connectivity index is 2.39. The molecule has 0 heterocycles. The third-order valence-corrected chi connectivity index (χ3v) is 3.47. The zero-order valence-electron chi connectivity index (χ0n) is 10.3. The molecular formula is C13H21BrN2. The van der Waals surface area contributed by atoms with Crippen molar-refractivity contribution in [3.8, 4) is 0 Å². The quantitative estimate of drug-likeness (QED) is 0.840. The van der Waals surface area contributed by atoms with Gasteiger partial charge in [0.15, 0.2) is 0 Å². The van der Waals surface area contributed by atoms with Gasteiger partial charge in [0, 0.05) is 23.6 Å². The summed E-state index contributed by atoms with van der Waals surface area (Å²) in [7, 11) is 0. The lowest BCUT2D eigenvalue weighted by Crippen LogP contribution is -2.35. The molecule has 0 aromatic heterocycles.